The van der Waals surface area contributed by atoms with E-state index in [1.807, 2.05) is 27.7 Å². The fraction of sp³-hybridized carbons (Fsp3) is 0.824. The van der Waals surface area contributed by atoms with E-state index in [9.17, 15) is 14.4 Å². The second-order valence-electron chi connectivity index (χ2n) is 7.83. The Labute approximate surface area is 144 Å². The number of hydrogen-bond donors (Lipinski definition) is 2. The molecule has 140 valence electrons. The highest BCUT2D eigenvalue weighted by Crippen LogP contribution is 2.11. The zero-order valence-electron chi connectivity index (χ0n) is 15.9. The van der Waals surface area contributed by atoms with Crippen LogP contribution in [0.4, 0.5) is 4.79 Å². The first-order chi connectivity index (χ1) is 10.8. The second-order valence-corrected chi connectivity index (χ2v) is 7.83. The van der Waals surface area contributed by atoms with Crippen LogP contribution in [-0.2, 0) is 14.3 Å². The van der Waals surface area contributed by atoms with E-state index < -0.39 is 36.0 Å². The van der Waals surface area contributed by atoms with Gasteiger partial charge < -0.3 is 20.1 Å². The Morgan fingerprint density at radius 2 is 1.50 bits per heavy atom. The Hall–Kier alpha value is -1.79. The molecule has 0 rings (SSSR count). The van der Waals surface area contributed by atoms with Crippen LogP contribution in [0.25, 0.3) is 0 Å². The van der Waals surface area contributed by atoms with E-state index in [1.54, 1.807) is 25.7 Å². The average molecular weight is 344 g/mol. The molecule has 24 heavy (non-hydrogen) atoms. The predicted molar refractivity (Wildman–Crippen MR) is 91.7 cm³/mol. The zero-order valence-corrected chi connectivity index (χ0v) is 15.9. The van der Waals surface area contributed by atoms with Crippen molar-refractivity contribution in [3.05, 3.63) is 0 Å². The van der Waals surface area contributed by atoms with Gasteiger partial charge in [-0.3, -0.25) is 9.59 Å². The maximum absolute atomic E-state index is 12.7. The molecule has 2 amide bonds. The summed E-state index contributed by atoms with van der Waals surface area (Å²) in [5.41, 5.74) is -0.726. The van der Waals surface area contributed by atoms with Gasteiger partial charge >= 0.3 is 12.1 Å². The van der Waals surface area contributed by atoms with Gasteiger partial charge in [-0.15, -0.1) is 0 Å². The molecule has 1 atom stereocenters. The summed E-state index contributed by atoms with van der Waals surface area (Å²) in [6.07, 6.45) is -1.28. The first-order valence-corrected chi connectivity index (χ1v) is 8.32. The van der Waals surface area contributed by atoms with Crippen molar-refractivity contribution >= 4 is 18.0 Å². The van der Waals surface area contributed by atoms with E-state index in [-0.39, 0.29) is 11.8 Å². The molecule has 0 aromatic heterocycles. The van der Waals surface area contributed by atoms with Crippen molar-refractivity contribution in [2.75, 3.05) is 13.1 Å². The topological polar surface area (TPSA) is 95.9 Å². The molecule has 0 aromatic carbocycles. The molecule has 2 N–H and O–H groups in total. The molecule has 0 bridgehead atoms. The molecule has 7 heteroatoms. The highest BCUT2D eigenvalue weighted by molar-refractivity contribution is 5.89. The van der Waals surface area contributed by atoms with Crippen LogP contribution in [0, 0.1) is 11.8 Å². The molecule has 0 spiro atoms. The van der Waals surface area contributed by atoms with Crippen LogP contribution in [-0.4, -0.2) is 52.7 Å². The lowest BCUT2D eigenvalue weighted by Gasteiger charge is -2.30. The Kier molecular flexibility index (Phi) is 8.78. The highest BCUT2D eigenvalue weighted by Gasteiger charge is 2.30. The molecule has 0 heterocycles. The zero-order chi connectivity index (χ0) is 19.1. The van der Waals surface area contributed by atoms with Gasteiger partial charge in [0.05, 0.1) is 6.42 Å². The van der Waals surface area contributed by atoms with Crippen LogP contribution in [0.1, 0.15) is 54.9 Å². The van der Waals surface area contributed by atoms with Crippen molar-refractivity contribution in [2.24, 2.45) is 11.8 Å². The monoisotopic (exact) mass is 344 g/mol. The molecule has 0 radical (unpaired) electrons. The lowest BCUT2D eigenvalue weighted by atomic mass is 10.1. The van der Waals surface area contributed by atoms with E-state index >= 15 is 0 Å². The number of amides is 2. The van der Waals surface area contributed by atoms with E-state index in [0.29, 0.717) is 13.1 Å². The van der Waals surface area contributed by atoms with Gasteiger partial charge in [-0.1, -0.05) is 27.7 Å². The molecule has 0 saturated heterocycles. The van der Waals surface area contributed by atoms with Crippen LogP contribution in [0.2, 0.25) is 0 Å². The lowest BCUT2D eigenvalue weighted by Crippen LogP contribution is -2.52. The van der Waals surface area contributed by atoms with Crippen molar-refractivity contribution in [3.63, 3.8) is 0 Å². The molecule has 7 nitrogen and oxygen atoms in total. The predicted octanol–water partition coefficient (Wildman–Crippen LogP) is 2.50. The fourth-order valence-corrected chi connectivity index (χ4v) is 2.18. The molecule has 0 aliphatic heterocycles. The van der Waals surface area contributed by atoms with Gasteiger partial charge in [0.1, 0.15) is 11.6 Å². The molecule has 0 aromatic rings. The van der Waals surface area contributed by atoms with Gasteiger partial charge in [0.2, 0.25) is 5.91 Å². The smallest absolute Gasteiger partial charge is 0.408 e. The molecule has 0 saturated carbocycles. The third-order valence-corrected chi connectivity index (χ3v) is 2.85. The standard InChI is InChI=1S/C17H32N2O5/c1-11(2)9-19(10-12(3)4)15(22)13(8-14(20)21)18-16(23)24-17(5,6)7/h11-13H,8-10H2,1-7H3,(H,18,23)(H,20,21). The minimum atomic E-state index is -1.15. The van der Waals surface area contributed by atoms with Gasteiger partial charge in [0, 0.05) is 13.1 Å². The highest BCUT2D eigenvalue weighted by atomic mass is 16.6. The number of alkyl carbamates (subject to hydrolysis) is 1. The third-order valence-electron chi connectivity index (χ3n) is 2.85. The van der Waals surface area contributed by atoms with E-state index in [4.69, 9.17) is 9.84 Å². The molecule has 0 aliphatic carbocycles. The van der Waals surface area contributed by atoms with E-state index in [0.717, 1.165) is 0 Å². The number of hydrogen-bond acceptors (Lipinski definition) is 4. The Balaban J connectivity index is 5.19. The average Bonchev–Trinajstić information content (AvgIpc) is 2.32. The van der Waals surface area contributed by atoms with Crippen LogP contribution < -0.4 is 5.32 Å². The Morgan fingerprint density at radius 3 is 1.83 bits per heavy atom. The minimum absolute atomic E-state index is 0.236. The van der Waals surface area contributed by atoms with Crippen molar-refractivity contribution in [2.45, 2.75) is 66.5 Å². The molecule has 0 aliphatic rings. The number of carboxylic acids is 1. The lowest BCUT2D eigenvalue weighted by molar-refractivity contribution is -0.143. The van der Waals surface area contributed by atoms with Crippen molar-refractivity contribution in [1.82, 2.24) is 10.2 Å². The maximum Gasteiger partial charge on any atom is 0.408 e. The number of ether oxygens (including phenoxy) is 1. The van der Waals surface area contributed by atoms with Gasteiger partial charge in [-0.25, -0.2) is 4.79 Å². The van der Waals surface area contributed by atoms with Gasteiger partial charge in [-0.2, -0.15) is 0 Å². The molecular weight excluding hydrogens is 312 g/mol. The number of carboxylic acid groups (broad SMARTS) is 1. The molecule has 1 unspecified atom stereocenters. The summed E-state index contributed by atoms with van der Waals surface area (Å²) in [5, 5.41) is 11.5. The third kappa shape index (κ3) is 10.1. The van der Waals surface area contributed by atoms with Crippen LogP contribution >= 0.6 is 0 Å². The van der Waals surface area contributed by atoms with Crippen LogP contribution in [0.15, 0.2) is 0 Å². The summed E-state index contributed by atoms with van der Waals surface area (Å²) in [7, 11) is 0. The number of carbonyl (C=O) groups excluding carboxylic acids is 2. The number of carbonyl (C=O) groups is 3. The second kappa shape index (κ2) is 9.49. The maximum atomic E-state index is 12.7. The summed E-state index contributed by atoms with van der Waals surface area (Å²) < 4.78 is 5.13. The summed E-state index contributed by atoms with van der Waals surface area (Å²) in [4.78, 5) is 37.4. The Morgan fingerprint density at radius 1 is 1.04 bits per heavy atom. The summed E-state index contributed by atoms with van der Waals surface area (Å²) >= 11 is 0. The number of nitrogens with one attached hydrogen (secondary N) is 1. The summed E-state index contributed by atoms with van der Waals surface area (Å²) in [6, 6.07) is -1.14. The van der Waals surface area contributed by atoms with Crippen LogP contribution in [0.3, 0.4) is 0 Å². The van der Waals surface area contributed by atoms with Gasteiger partial charge in [0.25, 0.3) is 0 Å². The van der Waals surface area contributed by atoms with E-state index in [1.165, 1.54) is 0 Å². The van der Waals surface area contributed by atoms with Crippen molar-refractivity contribution in [1.29, 1.82) is 0 Å². The Bertz CT molecular complexity index is 431. The van der Waals surface area contributed by atoms with Crippen molar-refractivity contribution in [3.8, 4) is 0 Å². The number of rotatable bonds is 8. The van der Waals surface area contributed by atoms with Gasteiger partial charge in [0.15, 0.2) is 0 Å². The first kappa shape index (κ1) is 22.2. The quantitative estimate of drug-likeness (QED) is 0.705. The van der Waals surface area contributed by atoms with Crippen LogP contribution in [0.5, 0.6) is 0 Å². The van der Waals surface area contributed by atoms with Crippen molar-refractivity contribution < 1.29 is 24.2 Å². The number of aliphatic carboxylic acids is 1. The normalized spacial score (nSPS) is 12.9. The summed E-state index contributed by atoms with van der Waals surface area (Å²) in [6.45, 7) is 14.0. The molecule has 0 fully saturated rings. The largest absolute Gasteiger partial charge is 0.481 e. The fourth-order valence-electron chi connectivity index (χ4n) is 2.18. The minimum Gasteiger partial charge on any atom is -0.481 e. The number of nitrogens with zero attached hydrogens (tertiary/aromatic N) is 1. The summed E-state index contributed by atoms with van der Waals surface area (Å²) in [5.74, 6) is -1.08. The molecular formula is C17H32N2O5. The van der Waals surface area contributed by atoms with E-state index in [2.05, 4.69) is 5.32 Å². The first-order valence-electron chi connectivity index (χ1n) is 8.32. The SMILES string of the molecule is CC(C)CN(CC(C)C)C(=O)C(CC(=O)O)NC(=O)OC(C)(C)C. The van der Waals surface area contributed by atoms with Gasteiger partial charge in [-0.05, 0) is 32.6 Å².